The van der Waals surface area contributed by atoms with Gasteiger partial charge in [-0.2, -0.15) is 5.10 Å². The van der Waals surface area contributed by atoms with Crippen molar-refractivity contribution in [3.8, 4) is 5.69 Å². The maximum atomic E-state index is 13.2. The highest BCUT2D eigenvalue weighted by Crippen LogP contribution is 2.22. The normalized spacial score (nSPS) is 11.0. The van der Waals surface area contributed by atoms with Crippen molar-refractivity contribution in [3.63, 3.8) is 0 Å². The molecule has 0 unspecified atom stereocenters. The zero-order valence-electron chi connectivity index (χ0n) is 15.1. The number of amides is 1. The second kappa shape index (κ2) is 7.23. The van der Waals surface area contributed by atoms with Crippen LogP contribution in [0.3, 0.4) is 0 Å². The molecule has 0 saturated heterocycles. The molecule has 1 aromatic heterocycles. The minimum atomic E-state index is -0.323. The van der Waals surface area contributed by atoms with Gasteiger partial charge in [-0.25, -0.2) is 13.5 Å². The highest BCUT2D eigenvalue weighted by molar-refractivity contribution is 6.06. The highest BCUT2D eigenvalue weighted by atomic mass is 19.1. The zero-order valence-corrected chi connectivity index (χ0v) is 15.1. The van der Waals surface area contributed by atoms with Gasteiger partial charge in [0.05, 0.1) is 23.0 Å². The third-order valence-corrected chi connectivity index (χ3v) is 4.67. The summed E-state index contributed by atoms with van der Waals surface area (Å²) in [6.07, 6.45) is 1.62. The zero-order chi connectivity index (χ0) is 19.7. The number of aryl methyl sites for hydroxylation is 1. The molecule has 1 N–H and O–H groups in total. The lowest BCUT2D eigenvalue weighted by atomic mass is 10.1. The Balaban J connectivity index is 1.62. The van der Waals surface area contributed by atoms with Crippen LogP contribution in [0.25, 0.3) is 16.6 Å². The van der Waals surface area contributed by atoms with Gasteiger partial charge in [-0.3, -0.25) is 4.79 Å². The Morgan fingerprint density at radius 3 is 2.54 bits per heavy atom. The SMILES string of the molecule is Cc1cc(F)ccc1CNC(=O)c1cccc2c1cnn2-c1ccc(F)cc1. The van der Waals surface area contributed by atoms with E-state index < -0.39 is 0 Å². The van der Waals surface area contributed by atoms with Gasteiger partial charge in [0.2, 0.25) is 0 Å². The van der Waals surface area contributed by atoms with Crippen LogP contribution in [0.15, 0.2) is 66.9 Å². The van der Waals surface area contributed by atoms with E-state index in [9.17, 15) is 13.6 Å². The number of nitrogens with one attached hydrogen (secondary N) is 1. The molecule has 4 aromatic rings. The van der Waals surface area contributed by atoms with E-state index in [1.165, 1.54) is 24.3 Å². The molecule has 0 spiro atoms. The van der Waals surface area contributed by atoms with Crippen LogP contribution in [0.2, 0.25) is 0 Å². The summed E-state index contributed by atoms with van der Waals surface area (Å²) in [7, 11) is 0. The molecule has 0 radical (unpaired) electrons. The largest absolute Gasteiger partial charge is 0.348 e. The number of carbonyl (C=O) groups excluding carboxylic acids is 1. The summed E-state index contributed by atoms with van der Waals surface area (Å²) >= 11 is 0. The van der Waals surface area contributed by atoms with Gasteiger partial charge in [0, 0.05) is 11.9 Å². The minimum absolute atomic E-state index is 0.243. The van der Waals surface area contributed by atoms with Gasteiger partial charge in [0.25, 0.3) is 5.91 Å². The molecule has 1 heterocycles. The van der Waals surface area contributed by atoms with Crippen molar-refractivity contribution in [1.82, 2.24) is 15.1 Å². The van der Waals surface area contributed by atoms with Crippen LogP contribution in [-0.4, -0.2) is 15.7 Å². The minimum Gasteiger partial charge on any atom is -0.348 e. The summed E-state index contributed by atoms with van der Waals surface area (Å²) in [4.78, 5) is 12.7. The quantitative estimate of drug-likeness (QED) is 0.567. The van der Waals surface area contributed by atoms with Crippen LogP contribution >= 0.6 is 0 Å². The van der Waals surface area contributed by atoms with Crippen LogP contribution in [0, 0.1) is 18.6 Å². The van der Waals surface area contributed by atoms with Gasteiger partial charge in [0.1, 0.15) is 11.6 Å². The van der Waals surface area contributed by atoms with Crippen molar-refractivity contribution in [2.75, 3.05) is 0 Å². The van der Waals surface area contributed by atoms with Crippen molar-refractivity contribution in [1.29, 1.82) is 0 Å². The molecule has 0 aliphatic rings. The standard InChI is InChI=1S/C22H17F2N3O/c1-14-11-17(24)6-5-15(14)12-25-22(28)19-3-2-4-21-20(19)13-26-27(21)18-9-7-16(23)8-10-18/h2-11,13H,12H2,1H3,(H,25,28). The van der Waals surface area contributed by atoms with Crippen LogP contribution in [-0.2, 0) is 6.54 Å². The fourth-order valence-corrected chi connectivity index (χ4v) is 3.17. The molecule has 0 fully saturated rings. The van der Waals surface area contributed by atoms with Crippen LogP contribution in [0.4, 0.5) is 8.78 Å². The Morgan fingerprint density at radius 2 is 1.79 bits per heavy atom. The molecule has 0 saturated carbocycles. The molecule has 4 nitrogen and oxygen atoms in total. The number of hydrogen-bond acceptors (Lipinski definition) is 2. The summed E-state index contributed by atoms with van der Waals surface area (Å²) in [6, 6.07) is 15.8. The smallest absolute Gasteiger partial charge is 0.252 e. The number of halogens is 2. The first kappa shape index (κ1) is 17.9. The third kappa shape index (κ3) is 3.36. The molecule has 0 atom stereocenters. The van der Waals surface area contributed by atoms with E-state index >= 15 is 0 Å². The van der Waals surface area contributed by atoms with Crippen molar-refractivity contribution in [2.45, 2.75) is 13.5 Å². The maximum absolute atomic E-state index is 13.2. The number of fused-ring (bicyclic) bond motifs is 1. The molecule has 1 amide bonds. The molecule has 0 aliphatic carbocycles. The predicted octanol–water partition coefficient (Wildman–Crippen LogP) is 4.54. The summed E-state index contributed by atoms with van der Waals surface area (Å²) in [5, 5.41) is 7.92. The maximum Gasteiger partial charge on any atom is 0.252 e. The van der Waals surface area contributed by atoms with Crippen molar-refractivity contribution in [3.05, 3.63) is 95.2 Å². The van der Waals surface area contributed by atoms with E-state index in [0.29, 0.717) is 23.2 Å². The molecule has 0 bridgehead atoms. The Labute approximate surface area is 160 Å². The number of benzene rings is 3. The van der Waals surface area contributed by atoms with E-state index in [-0.39, 0.29) is 17.5 Å². The Hall–Kier alpha value is -3.54. The van der Waals surface area contributed by atoms with Crippen molar-refractivity contribution < 1.29 is 13.6 Å². The molecule has 140 valence electrons. The number of hydrogen-bond donors (Lipinski definition) is 1. The third-order valence-electron chi connectivity index (χ3n) is 4.67. The molecule has 0 aliphatic heterocycles. The Morgan fingerprint density at radius 1 is 1.04 bits per heavy atom. The topological polar surface area (TPSA) is 46.9 Å². The van der Waals surface area contributed by atoms with Crippen molar-refractivity contribution >= 4 is 16.8 Å². The van der Waals surface area contributed by atoms with Gasteiger partial charge in [0.15, 0.2) is 0 Å². The number of nitrogens with zero attached hydrogens (tertiary/aromatic N) is 2. The van der Waals surface area contributed by atoms with Gasteiger partial charge < -0.3 is 5.32 Å². The van der Waals surface area contributed by atoms with E-state index in [1.807, 2.05) is 6.07 Å². The number of aromatic nitrogens is 2. The average molecular weight is 377 g/mol. The van der Waals surface area contributed by atoms with E-state index in [1.54, 1.807) is 48.1 Å². The highest BCUT2D eigenvalue weighted by Gasteiger charge is 2.14. The van der Waals surface area contributed by atoms with Gasteiger partial charge in [-0.05, 0) is 66.6 Å². The molecule has 6 heteroatoms. The van der Waals surface area contributed by atoms with E-state index in [0.717, 1.165) is 16.6 Å². The van der Waals surface area contributed by atoms with E-state index in [2.05, 4.69) is 10.4 Å². The van der Waals surface area contributed by atoms with Gasteiger partial charge >= 0.3 is 0 Å². The summed E-state index contributed by atoms with van der Waals surface area (Å²) < 4.78 is 28.1. The fourth-order valence-electron chi connectivity index (χ4n) is 3.17. The number of rotatable bonds is 4. The molecular weight excluding hydrogens is 360 g/mol. The second-order valence-electron chi connectivity index (χ2n) is 6.52. The number of carbonyl (C=O) groups is 1. The van der Waals surface area contributed by atoms with E-state index in [4.69, 9.17) is 0 Å². The van der Waals surface area contributed by atoms with Crippen molar-refractivity contribution in [2.24, 2.45) is 0 Å². The molecule has 28 heavy (non-hydrogen) atoms. The molecule has 3 aromatic carbocycles. The first-order valence-electron chi connectivity index (χ1n) is 8.79. The summed E-state index contributed by atoms with van der Waals surface area (Å²) in [6.45, 7) is 2.10. The molecule has 4 rings (SSSR count). The average Bonchev–Trinajstić information content (AvgIpc) is 3.12. The first-order valence-corrected chi connectivity index (χ1v) is 8.79. The van der Waals surface area contributed by atoms with Crippen LogP contribution < -0.4 is 5.32 Å². The first-order chi connectivity index (χ1) is 13.5. The fraction of sp³-hybridized carbons (Fsp3) is 0.0909. The summed E-state index contributed by atoms with van der Waals surface area (Å²) in [5.41, 5.74) is 3.57. The van der Waals surface area contributed by atoms with Gasteiger partial charge in [-0.1, -0.05) is 12.1 Å². The van der Waals surface area contributed by atoms with Gasteiger partial charge in [-0.15, -0.1) is 0 Å². The van der Waals surface area contributed by atoms with Crippen LogP contribution in [0.5, 0.6) is 0 Å². The second-order valence-corrected chi connectivity index (χ2v) is 6.52. The Kier molecular flexibility index (Phi) is 4.61. The van der Waals surface area contributed by atoms with Crippen LogP contribution in [0.1, 0.15) is 21.5 Å². The lowest BCUT2D eigenvalue weighted by molar-refractivity contribution is 0.0952. The molecular formula is C22H17F2N3O. The monoisotopic (exact) mass is 377 g/mol. The predicted molar refractivity (Wildman–Crippen MR) is 103 cm³/mol. The summed E-state index contributed by atoms with van der Waals surface area (Å²) in [5.74, 6) is -0.866. The lowest BCUT2D eigenvalue weighted by Gasteiger charge is -2.09. The Bertz CT molecular complexity index is 1170. The lowest BCUT2D eigenvalue weighted by Crippen LogP contribution is -2.23.